The summed E-state index contributed by atoms with van der Waals surface area (Å²) in [4.78, 5) is 12.2. The number of methoxy groups -OCH3 is 1. The molecule has 7 heteroatoms. The molecule has 3 aromatic carbocycles. The molecule has 1 aliphatic rings. The molecule has 6 rings (SSSR count). The fraction of sp³-hybridized carbons (Fsp3) is 0.290. The second kappa shape index (κ2) is 10.9. The number of likely N-dealkylation sites (tertiary alicyclic amines) is 1. The Hall–Kier alpha value is -3.78. The van der Waals surface area contributed by atoms with E-state index in [2.05, 4.69) is 58.4 Å². The number of hydrogen-bond acceptors (Lipinski definition) is 6. The number of nitrogens with zero attached hydrogens (tertiary/aromatic N) is 4. The van der Waals surface area contributed by atoms with Crippen molar-refractivity contribution in [3.8, 4) is 22.7 Å². The molecule has 0 radical (unpaired) electrons. The molecule has 0 spiro atoms. The van der Waals surface area contributed by atoms with Crippen molar-refractivity contribution in [2.75, 3.05) is 33.4 Å². The molecule has 0 bridgehead atoms. The van der Waals surface area contributed by atoms with E-state index in [0.717, 1.165) is 77.1 Å². The lowest BCUT2D eigenvalue weighted by Crippen LogP contribution is -2.39. The number of ether oxygens (including phenoxy) is 2. The van der Waals surface area contributed by atoms with E-state index in [0.29, 0.717) is 19.3 Å². The van der Waals surface area contributed by atoms with E-state index in [1.807, 2.05) is 35.2 Å². The quantitative estimate of drug-likeness (QED) is 0.291. The fourth-order valence-electron chi connectivity index (χ4n) is 5.17. The molecule has 0 unspecified atom stereocenters. The van der Waals surface area contributed by atoms with Crippen molar-refractivity contribution in [3.05, 3.63) is 84.7 Å². The van der Waals surface area contributed by atoms with Gasteiger partial charge in [-0.05, 0) is 61.3 Å². The van der Waals surface area contributed by atoms with Gasteiger partial charge in [-0.1, -0.05) is 42.5 Å². The number of aromatic nitrogens is 3. The van der Waals surface area contributed by atoms with Crippen LogP contribution in [-0.4, -0.2) is 58.9 Å². The molecule has 0 aliphatic carbocycles. The van der Waals surface area contributed by atoms with E-state index in [1.165, 1.54) is 5.56 Å². The highest BCUT2D eigenvalue weighted by Crippen LogP contribution is 2.30. The first kappa shape index (κ1) is 24.6. The van der Waals surface area contributed by atoms with Crippen molar-refractivity contribution in [2.24, 2.45) is 5.73 Å². The molecule has 2 aromatic heterocycles. The summed E-state index contributed by atoms with van der Waals surface area (Å²) in [5.74, 6) is 1.61. The molecule has 5 aromatic rings. The van der Waals surface area contributed by atoms with Gasteiger partial charge in [0.25, 0.3) is 0 Å². The topological polar surface area (TPSA) is 78.4 Å². The third-order valence-corrected chi connectivity index (χ3v) is 7.33. The first-order chi connectivity index (χ1) is 18.7. The van der Waals surface area contributed by atoms with Crippen LogP contribution in [0, 0.1) is 0 Å². The number of fused-ring (bicyclic) bond motifs is 2. The highest BCUT2D eigenvalue weighted by molar-refractivity contribution is 5.94. The summed E-state index contributed by atoms with van der Waals surface area (Å²) < 4.78 is 12.8. The monoisotopic (exact) mass is 507 g/mol. The second-order valence-corrected chi connectivity index (χ2v) is 9.96. The Balaban J connectivity index is 1.28. The third kappa shape index (κ3) is 5.13. The normalized spacial score (nSPS) is 14.9. The largest absolute Gasteiger partial charge is 0.491 e. The Labute approximate surface area is 222 Å². The van der Waals surface area contributed by atoms with Crippen LogP contribution in [0.25, 0.3) is 38.9 Å². The van der Waals surface area contributed by atoms with Gasteiger partial charge in [-0.25, -0.2) is 9.97 Å². The van der Waals surface area contributed by atoms with Crippen LogP contribution in [0.3, 0.4) is 0 Å². The summed E-state index contributed by atoms with van der Waals surface area (Å²) in [6.07, 6.45) is 3.98. The predicted octanol–water partition coefficient (Wildman–Crippen LogP) is 5.19. The molecule has 194 valence electrons. The number of benzene rings is 3. The van der Waals surface area contributed by atoms with Gasteiger partial charge in [0.2, 0.25) is 0 Å². The first-order valence-electron chi connectivity index (χ1n) is 13.2. The SMILES string of the molecule is COCCOc1ccc2c(c1)ncn2-c1ccc2cccc(-c3ccc(CN4CCC(N)CC4)cc3)c2n1. The summed E-state index contributed by atoms with van der Waals surface area (Å²) in [6.45, 7) is 4.17. The van der Waals surface area contributed by atoms with Crippen molar-refractivity contribution in [3.63, 3.8) is 0 Å². The Morgan fingerprint density at radius 2 is 1.79 bits per heavy atom. The highest BCUT2D eigenvalue weighted by Gasteiger charge is 2.16. The average molecular weight is 508 g/mol. The van der Waals surface area contributed by atoms with E-state index in [4.69, 9.17) is 20.2 Å². The zero-order chi connectivity index (χ0) is 25.9. The molecule has 1 fully saturated rings. The number of nitrogens with two attached hydrogens (primary N) is 1. The van der Waals surface area contributed by atoms with E-state index < -0.39 is 0 Å². The Morgan fingerprint density at radius 1 is 0.947 bits per heavy atom. The molecule has 7 nitrogen and oxygen atoms in total. The van der Waals surface area contributed by atoms with Crippen molar-refractivity contribution in [1.29, 1.82) is 0 Å². The van der Waals surface area contributed by atoms with Gasteiger partial charge in [0, 0.05) is 36.7 Å². The van der Waals surface area contributed by atoms with E-state index >= 15 is 0 Å². The molecule has 3 heterocycles. The second-order valence-electron chi connectivity index (χ2n) is 9.96. The van der Waals surface area contributed by atoms with Crippen molar-refractivity contribution >= 4 is 21.9 Å². The number of para-hydroxylation sites is 1. The van der Waals surface area contributed by atoms with Gasteiger partial charge in [0.1, 0.15) is 24.5 Å². The minimum absolute atomic E-state index is 0.357. The van der Waals surface area contributed by atoms with E-state index in [-0.39, 0.29) is 0 Å². The number of piperidine rings is 1. The van der Waals surface area contributed by atoms with Crippen LogP contribution in [0.15, 0.2) is 79.1 Å². The van der Waals surface area contributed by atoms with E-state index in [9.17, 15) is 0 Å². The lowest BCUT2D eigenvalue weighted by molar-refractivity contribution is 0.146. The van der Waals surface area contributed by atoms with Crippen molar-refractivity contribution < 1.29 is 9.47 Å². The predicted molar refractivity (Wildman–Crippen MR) is 152 cm³/mol. The van der Waals surface area contributed by atoms with Gasteiger partial charge in [-0.15, -0.1) is 0 Å². The molecule has 0 amide bonds. The highest BCUT2D eigenvalue weighted by atomic mass is 16.5. The molecule has 38 heavy (non-hydrogen) atoms. The smallest absolute Gasteiger partial charge is 0.139 e. The first-order valence-corrected chi connectivity index (χ1v) is 13.2. The molecular formula is C31H33N5O2. The maximum absolute atomic E-state index is 6.07. The molecule has 0 saturated carbocycles. The number of hydrogen-bond donors (Lipinski definition) is 1. The van der Waals surface area contributed by atoms with Crippen molar-refractivity contribution in [2.45, 2.75) is 25.4 Å². The average Bonchev–Trinajstić information content (AvgIpc) is 3.38. The summed E-state index contributed by atoms with van der Waals surface area (Å²) in [7, 11) is 1.67. The van der Waals surface area contributed by atoms with Gasteiger partial charge in [-0.3, -0.25) is 9.47 Å². The van der Waals surface area contributed by atoms with Crippen LogP contribution in [0.5, 0.6) is 5.75 Å². The molecule has 1 saturated heterocycles. The lowest BCUT2D eigenvalue weighted by Gasteiger charge is -2.30. The minimum Gasteiger partial charge on any atom is -0.491 e. The summed E-state index contributed by atoms with van der Waals surface area (Å²) >= 11 is 0. The Morgan fingerprint density at radius 3 is 2.61 bits per heavy atom. The fourth-order valence-corrected chi connectivity index (χ4v) is 5.17. The molecule has 1 aliphatic heterocycles. The lowest BCUT2D eigenvalue weighted by atomic mass is 10.00. The van der Waals surface area contributed by atoms with Crippen LogP contribution in [0.4, 0.5) is 0 Å². The number of imidazole rings is 1. The van der Waals surface area contributed by atoms with E-state index in [1.54, 1.807) is 7.11 Å². The summed E-state index contributed by atoms with van der Waals surface area (Å²) in [6, 6.07) is 25.7. The zero-order valence-corrected chi connectivity index (χ0v) is 21.7. The Bertz CT molecular complexity index is 1540. The van der Waals surface area contributed by atoms with Gasteiger partial charge in [0.05, 0.1) is 23.2 Å². The molecule has 2 N–H and O–H groups in total. The standard InChI is InChI=1S/C31H33N5O2/c1-37-17-18-38-26-10-11-29-28(19-26)33-21-36(29)30-12-9-24-3-2-4-27(31(24)34-30)23-7-5-22(6-8-23)20-35-15-13-25(32)14-16-35/h2-12,19,21,25H,13-18,20,32H2,1H3. The summed E-state index contributed by atoms with van der Waals surface area (Å²) in [5, 5.41) is 1.11. The van der Waals surface area contributed by atoms with Crippen LogP contribution < -0.4 is 10.5 Å². The third-order valence-electron chi connectivity index (χ3n) is 7.33. The van der Waals surface area contributed by atoms with Crippen LogP contribution in [-0.2, 0) is 11.3 Å². The number of rotatable bonds is 8. The van der Waals surface area contributed by atoms with Gasteiger partial charge < -0.3 is 15.2 Å². The van der Waals surface area contributed by atoms with Crippen LogP contribution >= 0.6 is 0 Å². The zero-order valence-electron chi connectivity index (χ0n) is 21.7. The van der Waals surface area contributed by atoms with Crippen molar-refractivity contribution in [1.82, 2.24) is 19.4 Å². The summed E-state index contributed by atoms with van der Waals surface area (Å²) in [5.41, 5.74) is 12.5. The Kier molecular flexibility index (Phi) is 7.05. The number of pyridine rings is 1. The van der Waals surface area contributed by atoms with Gasteiger partial charge >= 0.3 is 0 Å². The minimum atomic E-state index is 0.357. The van der Waals surface area contributed by atoms with Crippen LogP contribution in [0.1, 0.15) is 18.4 Å². The molecular weight excluding hydrogens is 474 g/mol. The maximum atomic E-state index is 6.07. The van der Waals surface area contributed by atoms with Gasteiger partial charge in [-0.2, -0.15) is 0 Å². The molecule has 0 atom stereocenters. The van der Waals surface area contributed by atoms with Crippen LogP contribution in [0.2, 0.25) is 0 Å². The maximum Gasteiger partial charge on any atom is 0.139 e. The van der Waals surface area contributed by atoms with Gasteiger partial charge in [0.15, 0.2) is 0 Å².